The average Bonchev–Trinajstić information content (AvgIpc) is 3.20. The highest BCUT2D eigenvalue weighted by Crippen LogP contribution is 2.68. The third kappa shape index (κ3) is 5.71. The molecule has 0 aliphatic heterocycles. The molecule has 5 aliphatic rings. The van der Waals surface area contributed by atoms with Crippen LogP contribution in [0.2, 0.25) is 0 Å². The van der Waals surface area contributed by atoms with Crippen LogP contribution in [0, 0.1) is 58.2 Å². The molecule has 4 nitrogen and oxygen atoms in total. The quantitative estimate of drug-likeness (QED) is 0.321. The number of esters is 1. The Bertz CT molecular complexity index is 926. The molecule has 0 spiro atoms. The molecule has 0 aromatic carbocycles. The van der Waals surface area contributed by atoms with Gasteiger partial charge in [0.1, 0.15) is 6.10 Å². The third-order valence-corrected chi connectivity index (χ3v) is 13.1. The van der Waals surface area contributed by atoms with Crippen LogP contribution in [0.1, 0.15) is 131 Å². The average molecular weight is 541 g/mol. The zero-order chi connectivity index (χ0) is 28.2. The van der Waals surface area contributed by atoms with E-state index in [2.05, 4.69) is 34.6 Å². The summed E-state index contributed by atoms with van der Waals surface area (Å²) in [5.41, 5.74) is 13.6. The lowest BCUT2D eigenvalue weighted by Gasteiger charge is -2.61. The van der Waals surface area contributed by atoms with Gasteiger partial charge in [-0.25, -0.2) is 0 Å². The molecule has 4 heteroatoms. The highest BCUT2D eigenvalue weighted by molar-refractivity contribution is 5.73. The van der Waals surface area contributed by atoms with E-state index in [9.17, 15) is 4.79 Å². The van der Waals surface area contributed by atoms with Crippen molar-refractivity contribution in [2.75, 3.05) is 0 Å². The van der Waals surface area contributed by atoms with Gasteiger partial charge in [-0.15, -0.1) is 0 Å². The number of hydrogen-bond acceptors (Lipinski definition) is 4. The second kappa shape index (κ2) is 11.0. The maximum atomic E-state index is 13.2. The van der Waals surface area contributed by atoms with Gasteiger partial charge in [0.15, 0.2) is 0 Å². The van der Waals surface area contributed by atoms with Gasteiger partial charge in [-0.1, -0.05) is 53.9 Å². The summed E-state index contributed by atoms with van der Waals surface area (Å²) in [4.78, 5) is 13.2. The first kappa shape index (κ1) is 29.5. The number of hydrogen-bond donors (Lipinski definition) is 2. The largest absolute Gasteiger partial charge is 0.462 e. The smallest absolute Gasteiger partial charge is 0.309 e. The number of fused-ring (bicyclic) bond motifs is 5. The van der Waals surface area contributed by atoms with Crippen molar-refractivity contribution in [3.05, 3.63) is 11.8 Å². The van der Waals surface area contributed by atoms with Crippen molar-refractivity contribution in [1.82, 2.24) is 0 Å². The minimum absolute atomic E-state index is 0.0692. The van der Waals surface area contributed by atoms with Gasteiger partial charge >= 0.3 is 5.97 Å². The first-order valence-corrected chi connectivity index (χ1v) is 16.8. The summed E-state index contributed by atoms with van der Waals surface area (Å²) in [5, 5.41) is 0. The topological polar surface area (TPSA) is 78.3 Å². The lowest BCUT2D eigenvalue weighted by Crippen LogP contribution is -2.54. The minimum Gasteiger partial charge on any atom is -0.462 e. The summed E-state index contributed by atoms with van der Waals surface area (Å²) in [5.74, 6) is 5.76. The Hall–Kier alpha value is -1.03. The number of rotatable bonds is 7. The lowest BCUT2D eigenvalue weighted by atomic mass is 9.44. The predicted molar refractivity (Wildman–Crippen MR) is 161 cm³/mol. The molecule has 11 atom stereocenters. The van der Waals surface area contributed by atoms with Crippen LogP contribution in [0.5, 0.6) is 0 Å². The molecule has 222 valence electrons. The van der Waals surface area contributed by atoms with Crippen molar-refractivity contribution in [2.24, 2.45) is 69.6 Å². The number of allylic oxidation sites excluding steroid dienone is 1. The molecular weight excluding hydrogens is 480 g/mol. The Morgan fingerprint density at radius 3 is 2.41 bits per heavy atom. The molecule has 0 radical (unpaired) electrons. The number of nitrogens with two attached hydrogens (primary N) is 2. The Kier molecular flexibility index (Phi) is 8.30. The van der Waals surface area contributed by atoms with E-state index in [0.29, 0.717) is 29.6 Å². The fourth-order valence-corrected chi connectivity index (χ4v) is 11.2. The van der Waals surface area contributed by atoms with E-state index in [1.807, 2.05) is 13.0 Å². The van der Waals surface area contributed by atoms with Crippen LogP contribution >= 0.6 is 0 Å². The maximum Gasteiger partial charge on any atom is 0.309 e. The zero-order valence-electron chi connectivity index (χ0n) is 26.1. The SMILES string of the molecule is CC(C)CCCC(C)C1CCC2C3CCC4CC(OC(=O)C5CC(N)=CC(C)(N)C5)CCC4(C)C3CCC12C. The maximum absolute atomic E-state index is 13.2. The predicted octanol–water partition coefficient (Wildman–Crippen LogP) is 7.99. The first-order valence-electron chi connectivity index (χ1n) is 16.8. The fraction of sp³-hybridized carbons (Fsp3) is 0.914. The molecule has 0 saturated heterocycles. The molecule has 0 aromatic heterocycles. The van der Waals surface area contributed by atoms with E-state index < -0.39 is 5.54 Å². The van der Waals surface area contributed by atoms with E-state index in [0.717, 1.165) is 54.0 Å². The van der Waals surface area contributed by atoms with Crippen LogP contribution in [0.4, 0.5) is 0 Å². The molecule has 0 aromatic rings. The summed E-state index contributed by atoms with van der Waals surface area (Å²) in [6, 6.07) is 0. The molecule has 4 N–H and O–H groups in total. The molecular formula is C35H60N2O2. The molecule has 0 heterocycles. The summed E-state index contributed by atoms with van der Waals surface area (Å²) in [7, 11) is 0. The molecule has 0 amide bonds. The third-order valence-electron chi connectivity index (χ3n) is 13.1. The summed E-state index contributed by atoms with van der Waals surface area (Å²) >= 11 is 0. The normalized spacial score (nSPS) is 46.6. The van der Waals surface area contributed by atoms with E-state index in [1.54, 1.807) is 0 Å². The van der Waals surface area contributed by atoms with E-state index >= 15 is 0 Å². The van der Waals surface area contributed by atoms with Gasteiger partial charge in [0.2, 0.25) is 0 Å². The van der Waals surface area contributed by atoms with Crippen molar-refractivity contribution in [3.63, 3.8) is 0 Å². The van der Waals surface area contributed by atoms with Gasteiger partial charge in [-0.3, -0.25) is 4.79 Å². The van der Waals surface area contributed by atoms with Crippen molar-refractivity contribution < 1.29 is 9.53 Å². The second-order valence-corrected chi connectivity index (χ2v) is 16.4. The van der Waals surface area contributed by atoms with Crippen molar-refractivity contribution in [1.29, 1.82) is 0 Å². The van der Waals surface area contributed by atoms with Gasteiger partial charge in [-0.05, 0) is 129 Å². The van der Waals surface area contributed by atoms with Crippen LogP contribution in [0.25, 0.3) is 0 Å². The zero-order valence-corrected chi connectivity index (χ0v) is 26.1. The highest BCUT2D eigenvalue weighted by atomic mass is 16.5. The van der Waals surface area contributed by atoms with Crippen molar-refractivity contribution in [3.8, 4) is 0 Å². The van der Waals surface area contributed by atoms with Crippen LogP contribution in [-0.4, -0.2) is 17.6 Å². The van der Waals surface area contributed by atoms with Crippen LogP contribution < -0.4 is 11.5 Å². The van der Waals surface area contributed by atoms with Crippen LogP contribution in [-0.2, 0) is 9.53 Å². The van der Waals surface area contributed by atoms with E-state index in [-0.39, 0.29) is 18.0 Å². The standard InChI is InChI=1S/C35H60N2O2/c1-22(2)8-7-9-23(3)29-12-13-30-28-11-10-25-19-27(14-16-34(25,5)31(28)15-17-35(29,30)6)39-32(38)24-18-26(36)21-33(4,37)20-24/h21-25,27-31H,7-20,36-37H2,1-6H3. The Balaban J connectivity index is 1.20. The molecule has 4 saturated carbocycles. The fourth-order valence-electron chi connectivity index (χ4n) is 11.2. The molecule has 39 heavy (non-hydrogen) atoms. The molecule has 0 bridgehead atoms. The van der Waals surface area contributed by atoms with E-state index in [4.69, 9.17) is 16.2 Å². The number of carbonyl (C=O) groups excluding carboxylic acids is 1. The molecule has 11 unspecified atom stereocenters. The minimum atomic E-state index is -0.518. The second-order valence-electron chi connectivity index (χ2n) is 16.4. The van der Waals surface area contributed by atoms with Gasteiger partial charge in [0.05, 0.1) is 5.92 Å². The number of ether oxygens (including phenoxy) is 1. The monoisotopic (exact) mass is 540 g/mol. The lowest BCUT2D eigenvalue weighted by molar-refractivity contribution is -0.167. The van der Waals surface area contributed by atoms with Crippen LogP contribution in [0.3, 0.4) is 0 Å². The van der Waals surface area contributed by atoms with E-state index in [1.165, 1.54) is 64.2 Å². The van der Waals surface area contributed by atoms with Gasteiger partial charge < -0.3 is 16.2 Å². The number of carbonyl (C=O) groups is 1. The summed E-state index contributed by atoms with van der Waals surface area (Å²) < 4.78 is 6.20. The molecule has 5 aliphatic carbocycles. The Morgan fingerprint density at radius 2 is 1.69 bits per heavy atom. The Morgan fingerprint density at radius 1 is 0.974 bits per heavy atom. The van der Waals surface area contributed by atoms with Crippen LogP contribution in [0.15, 0.2) is 11.8 Å². The van der Waals surface area contributed by atoms with Gasteiger partial charge in [0, 0.05) is 17.7 Å². The molecule has 4 fully saturated rings. The summed E-state index contributed by atoms with van der Waals surface area (Å²) in [6.07, 6.45) is 19.2. The first-order chi connectivity index (χ1) is 18.3. The summed E-state index contributed by atoms with van der Waals surface area (Å²) in [6.45, 7) is 14.6. The van der Waals surface area contributed by atoms with Crippen molar-refractivity contribution >= 4 is 5.97 Å². The van der Waals surface area contributed by atoms with Gasteiger partial charge in [-0.2, -0.15) is 0 Å². The van der Waals surface area contributed by atoms with Gasteiger partial charge in [0.25, 0.3) is 0 Å². The Labute approximate surface area is 239 Å². The highest BCUT2D eigenvalue weighted by Gasteiger charge is 2.60. The van der Waals surface area contributed by atoms with Crippen molar-refractivity contribution in [2.45, 2.75) is 143 Å². The molecule has 5 rings (SSSR count).